The maximum atomic E-state index is 12.6. The number of nitrogens with zero attached hydrogens (tertiary/aromatic N) is 3. The number of ether oxygens (including phenoxy) is 1. The van der Waals surface area contributed by atoms with E-state index in [-0.39, 0.29) is 5.91 Å². The highest BCUT2D eigenvalue weighted by Crippen LogP contribution is 2.34. The molecule has 158 valence electrons. The molecule has 0 atom stereocenters. The summed E-state index contributed by atoms with van der Waals surface area (Å²) in [5, 5.41) is 0. The second-order valence-corrected chi connectivity index (χ2v) is 7.55. The minimum atomic E-state index is -0.393. The molecule has 3 aromatic rings. The van der Waals surface area contributed by atoms with Crippen LogP contribution in [0.4, 0.5) is 5.69 Å². The fourth-order valence-corrected chi connectivity index (χ4v) is 3.72. The molecule has 0 aliphatic heterocycles. The van der Waals surface area contributed by atoms with Gasteiger partial charge in [0.1, 0.15) is 0 Å². The number of carbonyl (C=O) groups excluding carboxylic acids is 2. The summed E-state index contributed by atoms with van der Waals surface area (Å²) in [5.41, 5.74) is 6.12. The third kappa shape index (κ3) is 4.22. The number of amides is 1. The predicted molar refractivity (Wildman–Crippen MR) is 121 cm³/mol. The van der Waals surface area contributed by atoms with Gasteiger partial charge in [0.2, 0.25) is 0 Å². The van der Waals surface area contributed by atoms with Gasteiger partial charge in [-0.2, -0.15) is 0 Å². The number of aromatic nitrogens is 1. The molecule has 3 rings (SSSR count). The first-order valence-corrected chi connectivity index (χ1v) is 9.85. The van der Waals surface area contributed by atoms with Gasteiger partial charge in [0, 0.05) is 43.2 Å². The summed E-state index contributed by atoms with van der Waals surface area (Å²) < 4.78 is 7.14. The van der Waals surface area contributed by atoms with Crippen LogP contribution >= 0.6 is 0 Å². The molecule has 0 saturated carbocycles. The van der Waals surface area contributed by atoms with E-state index < -0.39 is 5.97 Å². The summed E-state index contributed by atoms with van der Waals surface area (Å²) >= 11 is 0. The van der Waals surface area contributed by atoms with Crippen molar-refractivity contribution < 1.29 is 14.3 Å². The first-order chi connectivity index (χ1) is 14.8. The lowest BCUT2D eigenvalue weighted by molar-refractivity contribution is 0.0600. The summed E-state index contributed by atoms with van der Waals surface area (Å²) in [6, 6.07) is 14.7. The monoisotopic (exact) mass is 415 g/mol. The van der Waals surface area contributed by atoms with Crippen molar-refractivity contribution in [3.8, 4) is 11.1 Å². The Kier molecular flexibility index (Phi) is 6.26. The molecule has 0 aliphatic carbocycles. The molecule has 1 heterocycles. The van der Waals surface area contributed by atoms with E-state index in [0.717, 1.165) is 28.1 Å². The van der Waals surface area contributed by atoms with Crippen LogP contribution < -0.4 is 0 Å². The van der Waals surface area contributed by atoms with E-state index in [1.807, 2.05) is 50.2 Å². The summed E-state index contributed by atoms with van der Waals surface area (Å²) in [5.74, 6) is -0.437. The Morgan fingerprint density at radius 1 is 1.00 bits per heavy atom. The van der Waals surface area contributed by atoms with Crippen LogP contribution in [0, 0.1) is 20.4 Å². The quantitative estimate of drug-likeness (QED) is 0.442. The zero-order valence-corrected chi connectivity index (χ0v) is 18.4. The van der Waals surface area contributed by atoms with E-state index in [4.69, 9.17) is 11.3 Å². The molecule has 2 aromatic carbocycles. The Balaban J connectivity index is 2.05. The molecule has 0 bridgehead atoms. The fourth-order valence-electron chi connectivity index (χ4n) is 3.72. The molecule has 0 radical (unpaired) electrons. The van der Waals surface area contributed by atoms with Gasteiger partial charge >= 0.3 is 5.97 Å². The normalized spacial score (nSPS) is 10.5. The van der Waals surface area contributed by atoms with Crippen molar-refractivity contribution in [3.05, 3.63) is 88.0 Å². The van der Waals surface area contributed by atoms with Crippen molar-refractivity contribution >= 4 is 17.6 Å². The van der Waals surface area contributed by atoms with Crippen molar-refractivity contribution in [1.29, 1.82) is 0 Å². The van der Waals surface area contributed by atoms with E-state index in [1.165, 1.54) is 7.11 Å². The molecule has 0 aliphatic rings. The van der Waals surface area contributed by atoms with Crippen LogP contribution in [0.15, 0.2) is 48.5 Å². The van der Waals surface area contributed by atoms with Crippen LogP contribution in [0.1, 0.15) is 37.7 Å². The molecule has 0 unspecified atom stereocenters. The molecular formula is C25H25N3O3. The highest BCUT2D eigenvalue weighted by molar-refractivity contribution is 6.00. The van der Waals surface area contributed by atoms with Gasteiger partial charge in [0.05, 0.1) is 19.2 Å². The zero-order valence-electron chi connectivity index (χ0n) is 18.4. The minimum absolute atomic E-state index is 0.0435. The maximum Gasteiger partial charge on any atom is 0.340 e. The van der Waals surface area contributed by atoms with Crippen LogP contribution in [0.2, 0.25) is 0 Å². The number of benzene rings is 2. The second kappa shape index (κ2) is 8.88. The summed E-state index contributed by atoms with van der Waals surface area (Å²) in [7, 11) is 4.83. The maximum absolute atomic E-state index is 12.6. The summed E-state index contributed by atoms with van der Waals surface area (Å²) in [6.45, 7) is 11.6. The van der Waals surface area contributed by atoms with E-state index in [9.17, 15) is 9.59 Å². The lowest BCUT2D eigenvalue weighted by Crippen LogP contribution is -2.21. The smallest absolute Gasteiger partial charge is 0.340 e. The van der Waals surface area contributed by atoms with Crippen LogP contribution in [-0.2, 0) is 11.3 Å². The van der Waals surface area contributed by atoms with E-state index in [0.29, 0.717) is 23.4 Å². The lowest BCUT2D eigenvalue weighted by atomic mass is 10.0. The molecule has 0 spiro atoms. The SMILES string of the molecule is [C-]#[N+]c1ccc(-c2c(C(=O)OC)c(C)n(Cc3ccc(C(=O)N(C)C)cc3)c2C)cc1. The van der Waals surface area contributed by atoms with Gasteiger partial charge in [-0.05, 0) is 37.1 Å². The largest absolute Gasteiger partial charge is 0.465 e. The highest BCUT2D eigenvalue weighted by Gasteiger charge is 2.25. The molecule has 0 N–H and O–H groups in total. The molecule has 1 amide bonds. The average Bonchev–Trinajstić information content (AvgIpc) is 3.03. The standard InChI is InChI=1S/C25H25N3O3/c1-16-22(19-11-13-21(26-3)14-12-19)23(25(30)31-6)17(2)28(16)15-18-7-9-20(10-8-18)24(29)27(4)5/h7-14H,15H2,1-2,4-6H3. The number of methoxy groups -OCH3 is 1. The summed E-state index contributed by atoms with van der Waals surface area (Å²) in [4.78, 5) is 29.7. The molecule has 31 heavy (non-hydrogen) atoms. The number of hydrogen-bond donors (Lipinski definition) is 0. The Morgan fingerprint density at radius 3 is 2.13 bits per heavy atom. The zero-order chi connectivity index (χ0) is 22.7. The summed E-state index contributed by atoms with van der Waals surface area (Å²) in [6.07, 6.45) is 0. The molecule has 0 fully saturated rings. The van der Waals surface area contributed by atoms with Gasteiger partial charge in [-0.15, -0.1) is 0 Å². The van der Waals surface area contributed by atoms with Gasteiger partial charge in [-0.3, -0.25) is 4.79 Å². The Hall–Kier alpha value is -3.85. The van der Waals surface area contributed by atoms with Crippen molar-refractivity contribution in [2.45, 2.75) is 20.4 Å². The highest BCUT2D eigenvalue weighted by atomic mass is 16.5. The lowest BCUT2D eigenvalue weighted by Gasteiger charge is -2.12. The van der Waals surface area contributed by atoms with Crippen molar-refractivity contribution in [2.24, 2.45) is 0 Å². The molecule has 6 nitrogen and oxygen atoms in total. The van der Waals surface area contributed by atoms with Gasteiger partial charge in [0.25, 0.3) is 5.91 Å². The van der Waals surface area contributed by atoms with E-state index in [2.05, 4.69) is 9.41 Å². The first-order valence-electron chi connectivity index (χ1n) is 9.85. The van der Waals surface area contributed by atoms with Crippen LogP contribution in [0.25, 0.3) is 16.0 Å². The van der Waals surface area contributed by atoms with Gasteiger partial charge in [-0.25, -0.2) is 9.64 Å². The minimum Gasteiger partial charge on any atom is -0.465 e. The third-order valence-corrected chi connectivity index (χ3v) is 5.41. The number of hydrogen-bond acceptors (Lipinski definition) is 3. The Morgan fingerprint density at radius 2 is 1.61 bits per heavy atom. The van der Waals surface area contributed by atoms with Crippen molar-refractivity contribution in [2.75, 3.05) is 21.2 Å². The molecule has 0 saturated heterocycles. The predicted octanol–water partition coefficient (Wildman–Crippen LogP) is 4.86. The van der Waals surface area contributed by atoms with Gasteiger partial charge in [-0.1, -0.05) is 36.4 Å². The average molecular weight is 415 g/mol. The van der Waals surface area contributed by atoms with Crippen molar-refractivity contribution in [3.63, 3.8) is 0 Å². The fraction of sp³-hybridized carbons (Fsp3) is 0.240. The third-order valence-electron chi connectivity index (χ3n) is 5.41. The molecular weight excluding hydrogens is 390 g/mol. The van der Waals surface area contributed by atoms with Crippen LogP contribution in [0.3, 0.4) is 0 Å². The molecule has 1 aromatic heterocycles. The topological polar surface area (TPSA) is 55.9 Å². The van der Waals surface area contributed by atoms with E-state index in [1.54, 1.807) is 31.1 Å². The number of carbonyl (C=O) groups is 2. The van der Waals surface area contributed by atoms with Gasteiger partial charge in [0.15, 0.2) is 5.69 Å². The second-order valence-electron chi connectivity index (χ2n) is 7.55. The Bertz CT molecular complexity index is 1160. The molecule has 6 heteroatoms. The number of rotatable bonds is 5. The van der Waals surface area contributed by atoms with Gasteiger partial charge < -0.3 is 14.2 Å². The van der Waals surface area contributed by atoms with Crippen molar-refractivity contribution in [1.82, 2.24) is 9.47 Å². The van der Waals surface area contributed by atoms with Crippen LogP contribution in [-0.4, -0.2) is 42.5 Å². The van der Waals surface area contributed by atoms with E-state index >= 15 is 0 Å². The van der Waals surface area contributed by atoms with Crippen LogP contribution in [0.5, 0.6) is 0 Å². The Labute approximate surface area is 182 Å². The first kappa shape index (κ1) is 21.8. The number of esters is 1.